The van der Waals surface area contributed by atoms with Gasteiger partial charge in [-0.2, -0.15) is 0 Å². The molecule has 0 spiro atoms. The van der Waals surface area contributed by atoms with Gasteiger partial charge >= 0.3 is 6.03 Å². The number of benzene rings is 2. The fourth-order valence-corrected chi connectivity index (χ4v) is 2.85. The second-order valence-electron chi connectivity index (χ2n) is 6.85. The van der Waals surface area contributed by atoms with E-state index in [0.29, 0.717) is 24.3 Å². The van der Waals surface area contributed by atoms with E-state index in [1.165, 1.54) is 6.92 Å². The summed E-state index contributed by atoms with van der Waals surface area (Å²) in [6.45, 7) is 2.45. The van der Waals surface area contributed by atoms with E-state index in [9.17, 15) is 14.7 Å². The largest absolute Gasteiger partial charge is 0.388 e. The van der Waals surface area contributed by atoms with E-state index in [1.54, 1.807) is 24.3 Å². The minimum Gasteiger partial charge on any atom is -0.388 e. The molecule has 0 bridgehead atoms. The first-order valence-corrected chi connectivity index (χ1v) is 8.90. The maximum absolute atomic E-state index is 12.2. The standard InChI is InChI=1S/C21H27N3O3/c1-15(25)16-9-11-19(12-10-16)23-21(27)22-13-18(14-24(2)3)20(26)17-7-5-4-6-8-17/h4-12,18,20,26H,13-14H2,1-3H3,(H2,22,23,27)/t18-,20-/m1/s1. The number of anilines is 1. The van der Waals surface area contributed by atoms with Gasteiger partial charge in [-0.15, -0.1) is 0 Å². The summed E-state index contributed by atoms with van der Waals surface area (Å²) in [5, 5.41) is 16.2. The first-order chi connectivity index (χ1) is 12.9. The molecular formula is C21H27N3O3. The smallest absolute Gasteiger partial charge is 0.319 e. The van der Waals surface area contributed by atoms with Crippen LogP contribution in [0.1, 0.15) is 28.9 Å². The van der Waals surface area contributed by atoms with Gasteiger partial charge in [-0.05, 0) is 50.8 Å². The number of hydrogen-bond acceptors (Lipinski definition) is 4. The highest BCUT2D eigenvalue weighted by Crippen LogP contribution is 2.22. The summed E-state index contributed by atoms with van der Waals surface area (Å²) < 4.78 is 0. The van der Waals surface area contributed by atoms with E-state index < -0.39 is 6.10 Å². The van der Waals surface area contributed by atoms with E-state index in [1.807, 2.05) is 49.3 Å². The number of carbonyl (C=O) groups excluding carboxylic acids is 2. The zero-order chi connectivity index (χ0) is 19.8. The van der Waals surface area contributed by atoms with Crippen molar-refractivity contribution >= 4 is 17.5 Å². The molecule has 144 valence electrons. The number of Topliss-reactive ketones (excluding diaryl/α,β-unsaturated/α-hetero) is 1. The lowest BCUT2D eigenvalue weighted by molar-refractivity contribution is 0.0911. The predicted octanol–water partition coefficient (Wildman–Crippen LogP) is 2.92. The highest BCUT2D eigenvalue weighted by molar-refractivity contribution is 5.95. The third kappa shape index (κ3) is 6.51. The van der Waals surface area contributed by atoms with Gasteiger partial charge in [0.1, 0.15) is 0 Å². The van der Waals surface area contributed by atoms with Crippen LogP contribution in [-0.2, 0) is 0 Å². The van der Waals surface area contributed by atoms with Crippen molar-refractivity contribution in [1.29, 1.82) is 0 Å². The number of amides is 2. The summed E-state index contributed by atoms with van der Waals surface area (Å²) in [7, 11) is 3.86. The second kappa shape index (κ2) is 9.85. The average molecular weight is 369 g/mol. The molecule has 6 nitrogen and oxygen atoms in total. The van der Waals surface area contributed by atoms with Crippen molar-refractivity contribution in [3.63, 3.8) is 0 Å². The number of nitrogens with one attached hydrogen (secondary N) is 2. The van der Waals surface area contributed by atoms with Crippen molar-refractivity contribution in [3.05, 3.63) is 65.7 Å². The summed E-state index contributed by atoms with van der Waals surface area (Å²) in [4.78, 5) is 25.5. The van der Waals surface area contributed by atoms with E-state index in [4.69, 9.17) is 0 Å². The van der Waals surface area contributed by atoms with Gasteiger partial charge in [-0.3, -0.25) is 4.79 Å². The Morgan fingerprint density at radius 3 is 2.22 bits per heavy atom. The molecule has 0 saturated heterocycles. The lowest BCUT2D eigenvalue weighted by Crippen LogP contribution is -2.39. The molecule has 0 unspecified atom stereocenters. The van der Waals surface area contributed by atoms with Gasteiger partial charge in [-0.1, -0.05) is 30.3 Å². The van der Waals surface area contributed by atoms with Gasteiger partial charge in [0, 0.05) is 30.3 Å². The molecule has 0 fully saturated rings. The van der Waals surface area contributed by atoms with Crippen LogP contribution >= 0.6 is 0 Å². The van der Waals surface area contributed by atoms with Crippen molar-refractivity contribution in [2.45, 2.75) is 13.0 Å². The number of carbonyl (C=O) groups is 2. The number of nitrogens with zero attached hydrogens (tertiary/aromatic N) is 1. The molecule has 6 heteroatoms. The minimum absolute atomic E-state index is 0.0209. The molecule has 0 aromatic heterocycles. The fraction of sp³-hybridized carbons (Fsp3) is 0.333. The molecule has 0 heterocycles. The normalized spacial score (nSPS) is 13.1. The highest BCUT2D eigenvalue weighted by atomic mass is 16.3. The minimum atomic E-state index is -0.677. The summed E-state index contributed by atoms with van der Waals surface area (Å²) in [5.41, 5.74) is 2.02. The number of urea groups is 1. The molecule has 0 aliphatic rings. The summed E-state index contributed by atoms with van der Waals surface area (Å²) in [6, 6.07) is 15.8. The van der Waals surface area contributed by atoms with Crippen LogP contribution in [0.15, 0.2) is 54.6 Å². The second-order valence-corrected chi connectivity index (χ2v) is 6.85. The van der Waals surface area contributed by atoms with E-state index in [-0.39, 0.29) is 17.7 Å². The van der Waals surface area contributed by atoms with Crippen LogP contribution in [0.3, 0.4) is 0 Å². The molecule has 27 heavy (non-hydrogen) atoms. The van der Waals surface area contributed by atoms with Crippen LogP contribution in [0.4, 0.5) is 10.5 Å². The SMILES string of the molecule is CC(=O)c1ccc(NC(=O)NC[C@H](CN(C)C)[C@H](O)c2ccccc2)cc1. The van der Waals surface area contributed by atoms with Crippen LogP contribution < -0.4 is 10.6 Å². The molecule has 2 amide bonds. The van der Waals surface area contributed by atoms with Crippen LogP contribution in [-0.4, -0.2) is 49.0 Å². The number of ketones is 1. The maximum atomic E-state index is 12.2. The Labute approximate surface area is 160 Å². The number of aliphatic hydroxyl groups excluding tert-OH is 1. The zero-order valence-electron chi connectivity index (χ0n) is 16.0. The molecule has 2 rings (SSSR count). The Bertz CT molecular complexity index is 745. The van der Waals surface area contributed by atoms with Gasteiger partial charge in [0.2, 0.25) is 0 Å². The zero-order valence-corrected chi connectivity index (χ0v) is 16.0. The van der Waals surface area contributed by atoms with Gasteiger partial charge < -0.3 is 20.6 Å². The van der Waals surface area contributed by atoms with Crippen LogP contribution in [0.25, 0.3) is 0 Å². The van der Waals surface area contributed by atoms with E-state index in [2.05, 4.69) is 10.6 Å². The third-order valence-corrected chi connectivity index (χ3v) is 4.26. The predicted molar refractivity (Wildman–Crippen MR) is 107 cm³/mol. The molecule has 2 aromatic carbocycles. The molecule has 2 atom stereocenters. The topological polar surface area (TPSA) is 81.7 Å². The average Bonchev–Trinajstić information content (AvgIpc) is 2.65. The quantitative estimate of drug-likeness (QED) is 0.625. The van der Waals surface area contributed by atoms with Gasteiger partial charge in [0.15, 0.2) is 5.78 Å². The summed E-state index contributed by atoms with van der Waals surface area (Å²) in [5.74, 6) is -0.180. The monoisotopic (exact) mass is 369 g/mol. The fourth-order valence-electron chi connectivity index (χ4n) is 2.85. The lowest BCUT2D eigenvalue weighted by atomic mass is 9.95. The molecular weight excluding hydrogens is 342 g/mol. The summed E-state index contributed by atoms with van der Waals surface area (Å²) in [6.07, 6.45) is -0.677. The van der Waals surface area contributed by atoms with Crippen molar-refractivity contribution in [3.8, 4) is 0 Å². The third-order valence-electron chi connectivity index (χ3n) is 4.26. The first-order valence-electron chi connectivity index (χ1n) is 8.90. The number of aliphatic hydroxyl groups is 1. The van der Waals surface area contributed by atoms with Crippen molar-refractivity contribution in [2.75, 3.05) is 32.5 Å². The molecule has 0 saturated carbocycles. The van der Waals surface area contributed by atoms with Crippen molar-refractivity contribution < 1.29 is 14.7 Å². The van der Waals surface area contributed by atoms with E-state index in [0.717, 1.165) is 5.56 Å². The summed E-state index contributed by atoms with van der Waals surface area (Å²) >= 11 is 0. The Kier molecular flexibility index (Phi) is 7.52. The van der Waals surface area contributed by atoms with Crippen molar-refractivity contribution in [1.82, 2.24) is 10.2 Å². The Hall–Kier alpha value is -2.70. The first kappa shape index (κ1) is 20.6. The van der Waals surface area contributed by atoms with Gasteiger partial charge in [0.05, 0.1) is 6.10 Å². The van der Waals surface area contributed by atoms with Gasteiger partial charge in [0.25, 0.3) is 0 Å². The molecule has 0 aliphatic carbocycles. The van der Waals surface area contributed by atoms with E-state index >= 15 is 0 Å². The highest BCUT2D eigenvalue weighted by Gasteiger charge is 2.22. The molecule has 2 aromatic rings. The van der Waals surface area contributed by atoms with Crippen LogP contribution in [0.5, 0.6) is 0 Å². The Morgan fingerprint density at radius 1 is 1.04 bits per heavy atom. The number of hydrogen-bond donors (Lipinski definition) is 3. The number of rotatable bonds is 8. The lowest BCUT2D eigenvalue weighted by Gasteiger charge is -2.26. The van der Waals surface area contributed by atoms with Crippen LogP contribution in [0.2, 0.25) is 0 Å². The van der Waals surface area contributed by atoms with Crippen LogP contribution in [0, 0.1) is 5.92 Å². The Morgan fingerprint density at radius 2 is 1.67 bits per heavy atom. The molecule has 0 radical (unpaired) electrons. The molecule has 0 aliphatic heterocycles. The van der Waals surface area contributed by atoms with Gasteiger partial charge in [-0.25, -0.2) is 4.79 Å². The van der Waals surface area contributed by atoms with Crippen molar-refractivity contribution in [2.24, 2.45) is 5.92 Å². The Balaban J connectivity index is 1.95. The maximum Gasteiger partial charge on any atom is 0.319 e. The molecule has 3 N–H and O–H groups in total.